The molecule has 2 N–H and O–H groups in total. The maximum atomic E-state index is 12.8. The number of ketones is 1. The molecule has 2 rings (SSSR count). The molecule has 1 unspecified atom stereocenters. The van der Waals surface area contributed by atoms with Crippen molar-refractivity contribution >= 4 is 11.8 Å². The van der Waals surface area contributed by atoms with Crippen molar-refractivity contribution in [2.45, 2.75) is 64.7 Å². The lowest BCUT2D eigenvalue weighted by atomic mass is 9.78. The molecule has 1 aliphatic rings. The highest BCUT2D eigenvalue weighted by Gasteiger charge is 2.26. The fourth-order valence-corrected chi connectivity index (χ4v) is 3.81. The fraction of sp³-hybridized carbons (Fsp3) is 0.636. The molecule has 26 heavy (non-hydrogen) atoms. The smallest absolute Gasteiger partial charge is 0.305 e. The van der Waals surface area contributed by atoms with Gasteiger partial charge in [0.1, 0.15) is 0 Å². The lowest BCUT2D eigenvalue weighted by Crippen LogP contribution is -2.25. The third-order valence-corrected chi connectivity index (χ3v) is 5.59. The van der Waals surface area contributed by atoms with Gasteiger partial charge in [0.05, 0.1) is 6.61 Å². The number of rotatable bonds is 9. The fourth-order valence-electron chi connectivity index (χ4n) is 3.81. The number of hydrogen-bond donors (Lipinski definition) is 1. The van der Waals surface area contributed by atoms with Crippen molar-refractivity contribution in [2.75, 3.05) is 13.2 Å². The summed E-state index contributed by atoms with van der Waals surface area (Å²) in [4.78, 5) is 24.2. The molecule has 0 aromatic heterocycles. The van der Waals surface area contributed by atoms with E-state index in [1.54, 1.807) is 6.92 Å². The van der Waals surface area contributed by atoms with Gasteiger partial charge in [-0.2, -0.15) is 0 Å². The van der Waals surface area contributed by atoms with E-state index in [-0.39, 0.29) is 23.6 Å². The molecule has 0 aliphatic heterocycles. The van der Waals surface area contributed by atoms with Crippen LogP contribution in [0.25, 0.3) is 0 Å². The van der Waals surface area contributed by atoms with Crippen LogP contribution in [0.5, 0.6) is 0 Å². The molecular formula is C22H33NO3. The van der Waals surface area contributed by atoms with Crippen LogP contribution in [0, 0.1) is 11.8 Å². The Labute approximate surface area is 157 Å². The molecule has 1 aliphatic carbocycles. The van der Waals surface area contributed by atoms with Crippen LogP contribution in [0.2, 0.25) is 0 Å². The van der Waals surface area contributed by atoms with Gasteiger partial charge in [0.15, 0.2) is 5.78 Å². The zero-order valence-electron chi connectivity index (χ0n) is 16.2. The maximum absolute atomic E-state index is 12.8. The summed E-state index contributed by atoms with van der Waals surface area (Å²) in [6.07, 6.45) is 6.42. The van der Waals surface area contributed by atoms with Gasteiger partial charge in [0.2, 0.25) is 0 Å². The quantitative estimate of drug-likeness (QED) is 0.522. The second kappa shape index (κ2) is 10.5. The predicted molar refractivity (Wildman–Crippen MR) is 104 cm³/mol. The van der Waals surface area contributed by atoms with E-state index >= 15 is 0 Å². The van der Waals surface area contributed by atoms with Crippen LogP contribution in [0.3, 0.4) is 0 Å². The molecule has 1 atom stereocenters. The molecule has 0 saturated heterocycles. The molecule has 0 bridgehead atoms. The summed E-state index contributed by atoms with van der Waals surface area (Å²) in [6, 6.07) is 7.94. The number of esters is 1. The molecule has 0 spiro atoms. The highest BCUT2D eigenvalue weighted by Crippen LogP contribution is 2.31. The van der Waals surface area contributed by atoms with E-state index < -0.39 is 0 Å². The highest BCUT2D eigenvalue weighted by molar-refractivity contribution is 5.97. The van der Waals surface area contributed by atoms with Crippen LogP contribution in [-0.4, -0.2) is 24.9 Å². The Hall–Kier alpha value is -1.68. The molecule has 1 aromatic rings. The largest absolute Gasteiger partial charge is 0.465 e. The molecule has 1 fully saturated rings. The zero-order chi connectivity index (χ0) is 18.9. The highest BCUT2D eigenvalue weighted by atomic mass is 16.5. The Morgan fingerprint density at radius 3 is 2.31 bits per heavy atom. The van der Waals surface area contributed by atoms with Crippen LogP contribution in [-0.2, 0) is 9.53 Å². The van der Waals surface area contributed by atoms with Gasteiger partial charge in [-0.3, -0.25) is 9.59 Å². The zero-order valence-corrected chi connectivity index (χ0v) is 16.2. The average molecular weight is 360 g/mol. The summed E-state index contributed by atoms with van der Waals surface area (Å²) in [7, 11) is 0. The second-order valence-corrected chi connectivity index (χ2v) is 7.46. The molecule has 4 nitrogen and oxygen atoms in total. The maximum Gasteiger partial charge on any atom is 0.305 e. The third kappa shape index (κ3) is 5.66. The number of carbonyl (C=O) groups excluding carboxylic acids is 2. The summed E-state index contributed by atoms with van der Waals surface area (Å²) in [5, 5.41) is 0. The van der Waals surface area contributed by atoms with Crippen LogP contribution in [0.15, 0.2) is 24.3 Å². The molecule has 1 aromatic carbocycles. The summed E-state index contributed by atoms with van der Waals surface area (Å²) in [6.45, 7) is 5.08. The number of benzene rings is 1. The van der Waals surface area contributed by atoms with Crippen LogP contribution in [0.4, 0.5) is 0 Å². The normalized spacial score (nSPS) is 21.2. The molecule has 0 heterocycles. The van der Waals surface area contributed by atoms with Gasteiger partial charge < -0.3 is 10.5 Å². The standard InChI is InChI=1S/C22H33NO3/c1-3-5-20(15-26-21(24)4-2)17-10-12-19(13-11-17)22(25)18-8-6-16(14-23)7-9-18/h10-13,16,18,20H,3-9,14-15,23H2,1-2H3. The first-order valence-electron chi connectivity index (χ1n) is 10.1. The van der Waals surface area contributed by atoms with Crippen molar-refractivity contribution < 1.29 is 14.3 Å². The average Bonchev–Trinajstić information content (AvgIpc) is 2.70. The first kappa shape index (κ1) is 20.6. The first-order chi connectivity index (χ1) is 12.6. The van der Waals surface area contributed by atoms with Gasteiger partial charge in [0, 0.05) is 23.8 Å². The van der Waals surface area contributed by atoms with E-state index in [0.29, 0.717) is 18.9 Å². The monoisotopic (exact) mass is 359 g/mol. The molecule has 0 amide bonds. The minimum absolute atomic E-state index is 0.139. The Kier molecular flexibility index (Phi) is 8.30. The molecule has 144 valence electrons. The Bertz CT molecular complexity index is 574. The Morgan fingerprint density at radius 1 is 1.12 bits per heavy atom. The van der Waals surface area contributed by atoms with E-state index in [1.165, 1.54) is 0 Å². The third-order valence-electron chi connectivity index (χ3n) is 5.59. The predicted octanol–water partition coefficient (Wildman–Crippen LogP) is 4.47. The van der Waals surface area contributed by atoms with Crippen molar-refractivity contribution in [3.05, 3.63) is 35.4 Å². The molecule has 1 saturated carbocycles. The Morgan fingerprint density at radius 2 is 1.77 bits per heavy atom. The van der Waals surface area contributed by atoms with E-state index in [0.717, 1.165) is 56.2 Å². The van der Waals surface area contributed by atoms with E-state index in [9.17, 15) is 9.59 Å². The summed E-state index contributed by atoms with van der Waals surface area (Å²) in [5.41, 5.74) is 7.68. The number of ether oxygens (including phenoxy) is 1. The van der Waals surface area contributed by atoms with Gasteiger partial charge in [-0.25, -0.2) is 0 Å². The van der Waals surface area contributed by atoms with E-state index in [2.05, 4.69) is 6.92 Å². The summed E-state index contributed by atoms with van der Waals surface area (Å²) < 4.78 is 5.34. The minimum atomic E-state index is -0.161. The SMILES string of the molecule is CCCC(COC(=O)CC)c1ccc(C(=O)C2CCC(CN)CC2)cc1. The van der Waals surface area contributed by atoms with Crippen molar-refractivity contribution in [3.63, 3.8) is 0 Å². The second-order valence-electron chi connectivity index (χ2n) is 7.46. The van der Waals surface area contributed by atoms with E-state index in [1.807, 2.05) is 24.3 Å². The van der Waals surface area contributed by atoms with Crippen LogP contribution in [0.1, 0.15) is 80.6 Å². The van der Waals surface area contributed by atoms with Crippen LogP contribution < -0.4 is 5.73 Å². The number of Topliss-reactive ketones (excluding diaryl/α,β-unsaturated/α-hetero) is 1. The molecule has 4 heteroatoms. The first-order valence-corrected chi connectivity index (χ1v) is 10.1. The molecular weight excluding hydrogens is 326 g/mol. The number of nitrogens with two attached hydrogens (primary N) is 1. The van der Waals surface area contributed by atoms with Crippen molar-refractivity contribution in [3.8, 4) is 0 Å². The van der Waals surface area contributed by atoms with Crippen molar-refractivity contribution in [1.82, 2.24) is 0 Å². The minimum Gasteiger partial charge on any atom is -0.465 e. The van der Waals surface area contributed by atoms with Crippen LogP contribution >= 0.6 is 0 Å². The topological polar surface area (TPSA) is 69.4 Å². The van der Waals surface area contributed by atoms with Crippen molar-refractivity contribution in [2.24, 2.45) is 17.6 Å². The number of hydrogen-bond acceptors (Lipinski definition) is 4. The Balaban J connectivity index is 1.98. The van der Waals surface area contributed by atoms with Gasteiger partial charge in [-0.15, -0.1) is 0 Å². The number of carbonyl (C=O) groups is 2. The van der Waals surface area contributed by atoms with Gasteiger partial charge in [0.25, 0.3) is 0 Å². The molecule has 0 radical (unpaired) electrons. The lowest BCUT2D eigenvalue weighted by Gasteiger charge is -2.26. The van der Waals surface area contributed by atoms with Gasteiger partial charge in [-0.05, 0) is 50.1 Å². The van der Waals surface area contributed by atoms with Gasteiger partial charge >= 0.3 is 5.97 Å². The lowest BCUT2D eigenvalue weighted by molar-refractivity contribution is -0.143. The van der Waals surface area contributed by atoms with Crippen molar-refractivity contribution in [1.29, 1.82) is 0 Å². The summed E-state index contributed by atoms with van der Waals surface area (Å²) in [5.74, 6) is 1.02. The summed E-state index contributed by atoms with van der Waals surface area (Å²) >= 11 is 0. The van der Waals surface area contributed by atoms with E-state index in [4.69, 9.17) is 10.5 Å². The van der Waals surface area contributed by atoms with Gasteiger partial charge in [-0.1, -0.05) is 44.5 Å².